The van der Waals surface area contributed by atoms with Crippen LogP contribution in [0.3, 0.4) is 0 Å². The van der Waals surface area contributed by atoms with Gasteiger partial charge in [-0.2, -0.15) is 0 Å². The zero-order chi connectivity index (χ0) is 16.4. The Morgan fingerprint density at radius 3 is 2.18 bits per heavy atom. The molecular formula is C19H29NO2. The van der Waals surface area contributed by atoms with E-state index in [-0.39, 0.29) is 11.5 Å². The van der Waals surface area contributed by atoms with E-state index in [1.807, 2.05) is 32.9 Å². The van der Waals surface area contributed by atoms with Crippen molar-refractivity contribution >= 4 is 11.7 Å². The number of ether oxygens (including phenoxy) is 1. The summed E-state index contributed by atoms with van der Waals surface area (Å²) in [5, 5.41) is 3.63. The monoisotopic (exact) mass is 303 g/mol. The second-order valence-electron chi connectivity index (χ2n) is 8.00. The summed E-state index contributed by atoms with van der Waals surface area (Å²) in [6.07, 6.45) is 4.00. The van der Waals surface area contributed by atoms with Gasteiger partial charge in [0.25, 0.3) is 0 Å². The van der Waals surface area contributed by atoms with Crippen LogP contribution in [0.2, 0.25) is 0 Å². The molecule has 0 aliphatic heterocycles. The van der Waals surface area contributed by atoms with Crippen LogP contribution < -0.4 is 5.32 Å². The first-order valence-electron chi connectivity index (χ1n) is 8.23. The van der Waals surface area contributed by atoms with Crippen LogP contribution in [0.1, 0.15) is 59.4 Å². The second kappa shape index (κ2) is 6.31. The maximum atomic E-state index is 11.8. The molecule has 0 amide bonds. The lowest BCUT2D eigenvalue weighted by Crippen LogP contribution is -2.42. The van der Waals surface area contributed by atoms with Gasteiger partial charge in [0.2, 0.25) is 0 Å². The third kappa shape index (κ3) is 4.25. The molecule has 1 N–H and O–H groups in total. The molecule has 1 saturated carbocycles. The minimum Gasteiger partial charge on any atom is -0.460 e. The van der Waals surface area contributed by atoms with Gasteiger partial charge in [-0.1, -0.05) is 18.6 Å². The molecule has 2 rings (SSSR count). The SMILES string of the molecule is CC(C)(C)C(=O)OCc1ccc(NC(C)(C)C2CCC2)cc1. The number of hydrogen-bond donors (Lipinski definition) is 1. The van der Waals surface area contributed by atoms with Gasteiger partial charge in [0.1, 0.15) is 6.61 Å². The van der Waals surface area contributed by atoms with Crippen molar-refractivity contribution in [2.45, 2.75) is 66.0 Å². The van der Waals surface area contributed by atoms with Crippen molar-refractivity contribution in [3.8, 4) is 0 Å². The third-order valence-electron chi connectivity index (χ3n) is 4.53. The molecule has 0 radical (unpaired) electrons. The lowest BCUT2D eigenvalue weighted by molar-refractivity contribution is -0.154. The van der Waals surface area contributed by atoms with Gasteiger partial charge < -0.3 is 10.1 Å². The van der Waals surface area contributed by atoms with Crippen LogP contribution in [-0.4, -0.2) is 11.5 Å². The Bertz CT molecular complexity index is 507. The van der Waals surface area contributed by atoms with E-state index in [0.717, 1.165) is 17.2 Å². The van der Waals surface area contributed by atoms with Crippen LogP contribution in [0.4, 0.5) is 5.69 Å². The number of carbonyl (C=O) groups is 1. The van der Waals surface area contributed by atoms with Crippen molar-refractivity contribution in [2.24, 2.45) is 11.3 Å². The second-order valence-corrected chi connectivity index (χ2v) is 8.00. The normalized spacial score (nSPS) is 16.0. The lowest BCUT2D eigenvalue weighted by atomic mass is 9.72. The first-order chi connectivity index (χ1) is 10.2. The first kappa shape index (κ1) is 16.9. The third-order valence-corrected chi connectivity index (χ3v) is 4.53. The standard InChI is InChI=1S/C19H29NO2/c1-18(2,3)17(21)22-13-14-9-11-16(12-10-14)20-19(4,5)15-7-6-8-15/h9-12,15,20H,6-8,13H2,1-5H3. The number of anilines is 1. The van der Waals surface area contributed by atoms with E-state index < -0.39 is 5.41 Å². The molecule has 0 saturated heterocycles. The van der Waals surface area contributed by atoms with Gasteiger partial charge >= 0.3 is 5.97 Å². The molecule has 1 fully saturated rings. The molecule has 1 aromatic rings. The molecule has 0 atom stereocenters. The molecule has 0 aromatic heterocycles. The van der Waals surface area contributed by atoms with Crippen LogP contribution >= 0.6 is 0 Å². The summed E-state index contributed by atoms with van der Waals surface area (Å²) < 4.78 is 5.34. The highest BCUT2D eigenvalue weighted by Gasteiger charge is 2.33. The predicted molar refractivity (Wildman–Crippen MR) is 90.7 cm³/mol. The smallest absolute Gasteiger partial charge is 0.311 e. The van der Waals surface area contributed by atoms with Crippen LogP contribution in [0.25, 0.3) is 0 Å². The fourth-order valence-electron chi connectivity index (χ4n) is 2.65. The van der Waals surface area contributed by atoms with Crippen molar-refractivity contribution in [1.82, 2.24) is 0 Å². The van der Waals surface area contributed by atoms with Gasteiger partial charge in [0.05, 0.1) is 5.41 Å². The summed E-state index contributed by atoms with van der Waals surface area (Å²) >= 11 is 0. The summed E-state index contributed by atoms with van der Waals surface area (Å²) in [4.78, 5) is 11.8. The summed E-state index contributed by atoms with van der Waals surface area (Å²) in [5.41, 5.74) is 1.83. The van der Waals surface area contributed by atoms with E-state index in [1.54, 1.807) is 0 Å². The van der Waals surface area contributed by atoms with Crippen molar-refractivity contribution in [1.29, 1.82) is 0 Å². The minimum atomic E-state index is -0.450. The Hall–Kier alpha value is -1.51. The molecule has 1 aromatic carbocycles. The van der Waals surface area contributed by atoms with E-state index in [4.69, 9.17) is 4.74 Å². The van der Waals surface area contributed by atoms with Gasteiger partial charge in [-0.3, -0.25) is 4.79 Å². The number of nitrogens with one attached hydrogen (secondary N) is 1. The molecule has 0 spiro atoms. The highest BCUT2D eigenvalue weighted by Crippen LogP contribution is 2.37. The molecule has 0 heterocycles. The van der Waals surface area contributed by atoms with Crippen LogP contribution in [0.5, 0.6) is 0 Å². The molecule has 22 heavy (non-hydrogen) atoms. The fourth-order valence-corrected chi connectivity index (χ4v) is 2.65. The van der Waals surface area contributed by atoms with E-state index >= 15 is 0 Å². The molecule has 122 valence electrons. The molecule has 1 aliphatic rings. The fraction of sp³-hybridized carbons (Fsp3) is 0.632. The van der Waals surface area contributed by atoms with E-state index in [1.165, 1.54) is 19.3 Å². The molecule has 1 aliphatic carbocycles. The van der Waals surface area contributed by atoms with Crippen molar-refractivity contribution in [3.63, 3.8) is 0 Å². The largest absolute Gasteiger partial charge is 0.460 e. The van der Waals surface area contributed by atoms with E-state index in [9.17, 15) is 4.79 Å². The van der Waals surface area contributed by atoms with Crippen molar-refractivity contribution in [3.05, 3.63) is 29.8 Å². The Kier molecular flexibility index (Phi) is 4.84. The summed E-state index contributed by atoms with van der Waals surface area (Å²) in [6.45, 7) is 10.5. The molecule has 0 unspecified atom stereocenters. The van der Waals surface area contributed by atoms with E-state index in [0.29, 0.717) is 6.61 Å². The van der Waals surface area contributed by atoms with Crippen molar-refractivity contribution < 1.29 is 9.53 Å². The number of carbonyl (C=O) groups excluding carboxylic acids is 1. The number of hydrogen-bond acceptors (Lipinski definition) is 3. The van der Waals surface area contributed by atoms with Crippen LogP contribution in [0.15, 0.2) is 24.3 Å². The number of benzene rings is 1. The van der Waals surface area contributed by atoms with Crippen LogP contribution in [-0.2, 0) is 16.1 Å². The average molecular weight is 303 g/mol. The molecule has 0 bridgehead atoms. The summed E-state index contributed by atoms with van der Waals surface area (Å²) in [6, 6.07) is 8.19. The maximum absolute atomic E-state index is 11.8. The average Bonchev–Trinajstić information content (AvgIpc) is 2.33. The Labute approximate surface area is 134 Å². The maximum Gasteiger partial charge on any atom is 0.311 e. The molecular weight excluding hydrogens is 274 g/mol. The Morgan fingerprint density at radius 1 is 1.14 bits per heavy atom. The Morgan fingerprint density at radius 2 is 1.73 bits per heavy atom. The predicted octanol–water partition coefficient (Wildman–Crippen LogP) is 4.77. The first-order valence-corrected chi connectivity index (χ1v) is 8.23. The molecule has 3 heteroatoms. The lowest BCUT2D eigenvalue weighted by Gasteiger charge is -2.41. The van der Waals surface area contributed by atoms with Gasteiger partial charge in [-0.05, 0) is 71.1 Å². The van der Waals surface area contributed by atoms with Crippen LogP contribution in [0, 0.1) is 11.3 Å². The highest BCUT2D eigenvalue weighted by molar-refractivity contribution is 5.75. The topological polar surface area (TPSA) is 38.3 Å². The zero-order valence-corrected chi connectivity index (χ0v) is 14.5. The summed E-state index contributed by atoms with van der Waals surface area (Å²) in [5.74, 6) is 0.598. The number of rotatable bonds is 5. The Balaban J connectivity index is 1.89. The highest BCUT2D eigenvalue weighted by atomic mass is 16.5. The van der Waals surface area contributed by atoms with Crippen molar-refractivity contribution in [2.75, 3.05) is 5.32 Å². The van der Waals surface area contributed by atoms with Gasteiger partial charge in [-0.15, -0.1) is 0 Å². The molecule has 3 nitrogen and oxygen atoms in total. The quantitative estimate of drug-likeness (QED) is 0.796. The van der Waals surface area contributed by atoms with Gasteiger partial charge in [0.15, 0.2) is 0 Å². The van der Waals surface area contributed by atoms with E-state index in [2.05, 4.69) is 31.3 Å². The minimum absolute atomic E-state index is 0.137. The van der Waals surface area contributed by atoms with Gasteiger partial charge in [-0.25, -0.2) is 0 Å². The van der Waals surface area contributed by atoms with Gasteiger partial charge in [0, 0.05) is 11.2 Å². The number of esters is 1. The zero-order valence-electron chi connectivity index (χ0n) is 14.5. The summed E-state index contributed by atoms with van der Waals surface area (Å²) in [7, 11) is 0.